The number of Topliss-reactive ketones (excluding diaryl/α,β-unsaturated/α-hetero) is 2. The van der Waals surface area contributed by atoms with E-state index in [2.05, 4.69) is 10.2 Å². The molecule has 5 unspecified atom stereocenters. The van der Waals surface area contributed by atoms with Crippen molar-refractivity contribution in [2.45, 2.75) is 117 Å². The van der Waals surface area contributed by atoms with E-state index in [-0.39, 0.29) is 30.3 Å². The second-order valence-corrected chi connectivity index (χ2v) is 14.4. The van der Waals surface area contributed by atoms with E-state index in [1.54, 1.807) is 36.1 Å². The number of carbonyl (C=O) groups is 3. The Labute approximate surface area is 296 Å². The SMILES string of the molecule is CCCCC(=O)N(CCCCCCC(=O)c1cc(C)cc(C)c1)CCC(=O)Cc1ccc(OC2OC(COS(=O)(=O)O)C(O)C(O)C2C)cc1. The lowest BCUT2D eigenvalue weighted by atomic mass is 9.92. The van der Waals surface area contributed by atoms with Gasteiger partial charge in [-0.05, 0) is 62.9 Å². The Morgan fingerprint density at radius 2 is 1.52 bits per heavy atom. The van der Waals surface area contributed by atoms with Gasteiger partial charge in [-0.3, -0.25) is 18.9 Å². The fourth-order valence-corrected chi connectivity index (χ4v) is 6.27. The number of nitrogens with zero attached hydrogens (tertiary/aromatic N) is 1. The zero-order valence-corrected chi connectivity index (χ0v) is 30.4. The molecule has 13 heteroatoms. The first-order valence-corrected chi connectivity index (χ1v) is 18.8. The van der Waals surface area contributed by atoms with Gasteiger partial charge < -0.3 is 24.6 Å². The van der Waals surface area contributed by atoms with E-state index in [0.717, 1.165) is 60.8 Å². The first kappa shape index (κ1) is 41.2. The van der Waals surface area contributed by atoms with Gasteiger partial charge in [0, 0.05) is 50.3 Å². The fraction of sp³-hybridized carbons (Fsp3) is 0.595. The summed E-state index contributed by atoms with van der Waals surface area (Å²) in [5.74, 6) is -0.135. The lowest BCUT2D eigenvalue weighted by Crippen LogP contribution is -2.56. The maximum Gasteiger partial charge on any atom is 0.397 e. The third kappa shape index (κ3) is 13.8. The van der Waals surface area contributed by atoms with E-state index in [9.17, 15) is 33.0 Å². The van der Waals surface area contributed by atoms with Crippen molar-refractivity contribution in [3.63, 3.8) is 0 Å². The molecule has 1 saturated heterocycles. The Hall–Kier alpha value is -3.20. The minimum atomic E-state index is -4.78. The van der Waals surface area contributed by atoms with E-state index >= 15 is 0 Å². The molecule has 0 saturated carbocycles. The number of hydrogen-bond acceptors (Lipinski definition) is 10. The van der Waals surface area contributed by atoms with Gasteiger partial charge in [-0.15, -0.1) is 0 Å². The second-order valence-electron chi connectivity index (χ2n) is 13.3. The lowest BCUT2D eigenvalue weighted by molar-refractivity contribution is -0.255. The molecule has 2 aromatic rings. The quantitative estimate of drug-likeness (QED) is 0.0905. The Morgan fingerprint density at radius 3 is 2.16 bits per heavy atom. The van der Waals surface area contributed by atoms with Gasteiger partial charge in [-0.25, -0.2) is 4.18 Å². The third-order valence-electron chi connectivity index (χ3n) is 8.85. The monoisotopic (exact) mass is 719 g/mol. The summed E-state index contributed by atoms with van der Waals surface area (Å²) in [4.78, 5) is 40.3. The molecule has 278 valence electrons. The number of carbonyl (C=O) groups excluding carboxylic acids is 3. The van der Waals surface area contributed by atoms with Crippen LogP contribution in [-0.4, -0.2) is 89.9 Å². The summed E-state index contributed by atoms with van der Waals surface area (Å²) < 4.78 is 46.5. The van der Waals surface area contributed by atoms with Crippen molar-refractivity contribution in [3.8, 4) is 5.75 Å². The number of rotatable bonds is 21. The number of amides is 1. The smallest absolute Gasteiger partial charge is 0.397 e. The molecule has 0 radical (unpaired) electrons. The minimum absolute atomic E-state index is 0.0140. The van der Waals surface area contributed by atoms with Gasteiger partial charge in [-0.1, -0.05) is 62.4 Å². The van der Waals surface area contributed by atoms with Crippen molar-refractivity contribution in [1.82, 2.24) is 4.90 Å². The highest BCUT2D eigenvalue weighted by Gasteiger charge is 2.44. The maximum absolute atomic E-state index is 12.9. The average molecular weight is 720 g/mol. The largest absolute Gasteiger partial charge is 0.465 e. The molecule has 1 aliphatic rings. The van der Waals surface area contributed by atoms with Gasteiger partial charge in [0.2, 0.25) is 12.2 Å². The third-order valence-corrected chi connectivity index (χ3v) is 9.28. The fourth-order valence-electron chi connectivity index (χ4n) is 5.96. The lowest BCUT2D eigenvalue weighted by Gasteiger charge is -2.40. The molecule has 0 aromatic heterocycles. The molecule has 0 spiro atoms. The van der Waals surface area contributed by atoms with Crippen LogP contribution in [0.5, 0.6) is 5.75 Å². The van der Waals surface area contributed by atoms with Crippen LogP contribution in [0.2, 0.25) is 0 Å². The van der Waals surface area contributed by atoms with Crippen molar-refractivity contribution in [1.29, 1.82) is 0 Å². The highest BCUT2D eigenvalue weighted by atomic mass is 32.3. The first-order valence-electron chi connectivity index (χ1n) is 17.5. The predicted molar refractivity (Wildman–Crippen MR) is 187 cm³/mol. The predicted octanol–water partition coefficient (Wildman–Crippen LogP) is 4.94. The molecule has 1 aliphatic heterocycles. The normalized spacial score (nSPS) is 20.7. The molecule has 50 heavy (non-hydrogen) atoms. The van der Waals surface area contributed by atoms with Crippen LogP contribution in [-0.2, 0) is 35.3 Å². The van der Waals surface area contributed by atoms with Crippen molar-refractivity contribution >= 4 is 27.9 Å². The van der Waals surface area contributed by atoms with Crippen LogP contribution in [0, 0.1) is 19.8 Å². The Bertz CT molecular complexity index is 1490. The number of ketones is 2. The van der Waals surface area contributed by atoms with Crippen molar-refractivity contribution < 1.29 is 51.2 Å². The van der Waals surface area contributed by atoms with Gasteiger partial charge in [0.05, 0.1) is 12.7 Å². The van der Waals surface area contributed by atoms with E-state index in [4.69, 9.17) is 14.0 Å². The number of aliphatic hydroxyl groups is 2. The molecule has 0 aliphatic carbocycles. The highest BCUT2D eigenvalue weighted by molar-refractivity contribution is 7.80. The molecular formula is C37H53NO11S. The molecule has 2 aromatic carbocycles. The zero-order valence-electron chi connectivity index (χ0n) is 29.6. The standard InChI is InChI=1S/C37H53NO11S/c1-5-6-12-34(41)38(18-10-8-7-9-11-32(40)29-21-25(2)20-26(3)22-29)19-17-30(39)23-28-13-15-31(16-14-28)48-37-27(4)35(42)36(43)33(49-37)24-47-50(44,45)46/h13-16,20-22,27,33,35-37,42-43H,5-12,17-19,23-24H2,1-4H3,(H,44,45,46). The molecule has 5 atom stereocenters. The molecule has 12 nitrogen and oxygen atoms in total. The minimum Gasteiger partial charge on any atom is -0.465 e. The van der Waals surface area contributed by atoms with Gasteiger partial charge in [0.15, 0.2) is 5.78 Å². The number of unbranched alkanes of at least 4 members (excludes halogenated alkanes) is 4. The topological polar surface area (TPSA) is 177 Å². The Balaban J connectivity index is 1.45. The first-order chi connectivity index (χ1) is 23.7. The van der Waals surface area contributed by atoms with E-state index in [0.29, 0.717) is 31.7 Å². The van der Waals surface area contributed by atoms with Crippen LogP contribution in [0.1, 0.15) is 98.7 Å². The van der Waals surface area contributed by atoms with Crippen LogP contribution < -0.4 is 4.74 Å². The molecule has 1 heterocycles. The number of benzene rings is 2. The Morgan fingerprint density at radius 1 is 0.860 bits per heavy atom. The van der Waals surface area contributed by atoms with E-state index < -0.39 is 47.5 Å². The summed E-state index contributed by atoms with van der Waals surface area (Å²) in [6.45, 7) is 7.81. The highest BCUT2D eigenvalue weighted by Crippen LogP contribution is 2.29. The number of aliphatic hydroxyl groups excluding tert-OH is 2. The number of aryl methyl sites for hydroxylation is 2. The Kier molecular flexibility index (Phi) is 16.5. The summed E-state index contributed by atoms with van der Waals surface area (Å²) in [5, 5.41) is 20.6. The van der Waals surface area contributed by atoms with Gasteiger partial charge in [-0.2, -0.15) is 8.42 Å². The molecule has 3 rings (SSSR count). The molecule has 0 bridgehead atoms. The van der Waals surface area contributed by atoms with Crippen molar-refractivity contribution in [2.75, 3.05) is 19.7 Å². The maximum atomic E-state index is 12.9. The summed E-state index contributed by atoms with van der Waals surface area (Å²) in [5.41, 5.74) is 3.67. The molecule has 1 amide bonds. The van der Waals surface area contributed by atoms with Crippen LogP contribution in [0.25, 0.3) is 0 Å². The molecule has 3 N–H and O–H groups in total. The average Bonchev–Trinajstić information content (AvgIpc) is 3.06. The van der Waals surface area contributed by atoms with Crippen LogP contribution >= 0.6 is 0 Å². The number of ether oxygens (including phenoxy) is 2. The van der Waals surface area contributed by atoms with Crippen LogP contribution in [0.3, 0.4) is 0 Å². The molecular weight excluding hydrogens is 666 g/mol. The second kappa shape index (κ2) is 20.0. The molecule has 1 fully saturated rings. The zero-order chi connectivity index (χ0) is 36.8. The van der Waals surface area contributed by atoms with Crippen LogP contribution in [0.4, 0.5) is 0 Å². The van der Waals surface area contributed by atoms with Gasteiger partial charge in [0.25, 0.3) is 0 Å². The van der Waals surface area contributed by atoms with Crippen LogP contribution in [0.15, 0.2) is 42.5 Å². The van der Waals surface area contributed by atoms with Crippen molar-refractivity contribution in [3.05, 3.63) is 64.7 Å². The number of hydrogen-bond donors (Lipinski definition) is 3. The summed E-state index contributed by atoms with van der Waals surface area (Å²) in [7, 11) is -4.78. The van der Waals surface area contributed by atoms with E-state index in [1.165, 1.54) is 0 Å². The van der Waals surface area contributed by atoms with Crippen molar-refractivity contribution in [2.24, 2.45) is 5.92 Å². The summed E-state index contributed by atoms with van der Waals surface area (Å²) in [6, 6.07) is 12.6. The van der Waals surface area contributed by atoms with Gasteiger partial charge >= 0.3 is 10.4 Å². The van der Waals surface area contributed by atoms with E-state index in [1.807, 2.05) is 32.9 Å². The summed E-state index contributed by atoms with van der Waals surface area (Å²) in [6.07, 6.45) is 1.32. The summed E-state index contributed by atoms with van der Waals surface area (Å²) >= 11 is 0. The van der Waals surface area contributed by atoms with Gasteiger partial charge in [0.1, 0.15) is 23.7 Å².